The molecule has 0 radical (unpaired) electrons. The van der Waals surface area contributed by atoms with Gasteiger partial charge in [-0.15, -0.1) is 0 Å². The van der Waals surface area contributed by atoms with Crippen LogP contribution in [-0.2, 0) is 5.33 Å². The van der Waals surface area contributed by atoms with Crippen molar-refractivity contribution >= 4 is 27.5 Å². The van der Waals surface area contributed by atoms with Gasteiger partial charge in [-0.1, -0.05) is 27.5 Å². The number of hydrogen-bond donors (Lipinski definition) is 0. The molecule has 1 heterocycles. The van der Waals surface area contributed by atoms with E-state index in [0.29, 0.717) is 10.9 Å². The molecule has 66 valence electrons. The Balaban J connectivity index is 3.18. The minimum atomic E-state index is -2.52. The Labute approximate surface area is 81.9 Å². The molecule has 0 N–H and O–H groups in total. The number of nitrogens with zero attached hydrogens (tertiary/aromatic N) is 1. The maximum absolute atomic E-state index is 12.3. The molecular formula is C7H5BrClF2N. The van der Waals surface area contributed by atoms with Crippen LogP contribution in [0.25, 0.3) is 0 Å². The molecule has 1 nitrogen and oxygen atoms in total. The van der Waals surface area contributed by atoms with Gasteiger partial charge in [-0.2, -0.15) is 0 Å². The van der Waals surface area contributed by atoms with Crippen LogP contribution in [-0.4, -0.2) is 4.98 Å². The molecule has 1 rings (SSSR count). The Morgan fingerprint density at radius 2 is 2.17 bits per heavy atom. The van der Waals surface area contributed by atoms with Crippen LogP contribution in [0.2, 0.25) is 5.02 Å². The summed E-state index contributed by atoms with van der Waals surface area (Å²) in [6, 6.07) is 0. The van der Waals surface area contributed by atoms with Crippen molar-refractivity contribution in [3.63, 3.8) is 0 Å². The van der Waals surface area contributed by atoms with Crippen LogP contribution in [0.1, 0.15) is 17.6 Å². The molecule has 0 bridgehead atoms. The van der Waals surface area contributed by atoms with Crippen LogP contribution in [0.5, 0.6) is 0 Å². The highest BCUT2D eigenvalue weighted by Crippen LogP contribution is 2.28. The fourth-order valence-electron chi connectivity index (χ4n) is 0.806. The number of rotatable bonds is 2. The molecule has 1 aromatic rings. The summed E-state index contributed by atoms with van der Waals surface area (Å²) in [5, 5.41) is 0.582. The van der Waals surface area contributed by atoms with Crippen molar-refractivity contribution in [1.29, 1.82) is 0 Å². The molecule has 5 heteroatoms. The first-order valence-corrected chi connectivity index (χ1v) is 4.63. The van der Waals surface area contributed by atoms with Crippen LogP contribution < -0.4 is 0 Å². The number of aromatic nitrogens is 1. The molecular weight excluding hydrogens is 251 g/mol. The lowest BCUT2D eigenvalue weighted by molar-refractivity contribution is 0.150. The van der Waals surface area contributed by atoms with E-state index in [0.717, 1.165) is 6.20 Å². The van der Waals surface area contributed by atoms with Gasteiger partial charge in [-0.25, -0.2) is 8.78 Å². The highest BCUT2D eigenvalue weighted by molar-refractivity contribution is 9.08. The first-order valence-electron chi connectivity index (χ1n) is 3.13. The van der Waals surface area contributed by atoms with E-state index in [4.69, 9.17) is 11.6 Å². The Kier molecular flexibility index (Phi) is 3.40. The van der Waals surface area contributed by atoms with Crippen LogP contribution in [0.3, 0.4) is 0 Å². The topological polar surface area (TPSA) is 12.9 Å². The van der Waals surface area contributed by atoms with Crippen LogP contribution in [0, 0.1) is 0 Å². The fourth-order valence-corrected chi connectivity index (χ4v) is 1.83. The summed E-state index contributed by atoms with van der Waals surface area (Å²) in [6.07, 6.45) is -0.0410. The molecule has 0 unspecified atom stereocenters. The van der Waals surface area contributed by atoms with Gasteiger partial charge in [0.2, 0.25) is 0 Å². The van der Waals surface area contributed by atoms with Gasteiger partial charge in [0.05, 0.1) is 5.02 Å². The van der Waals surface area contributed by atoms with Crippen LogP contribution in [0.15, 0.2) is 12.4 Å². The number of halogens is 4. The first-order chi connectivity index (χ1) is 5.66. The SMILES string of the molecule is FC(F)c1cncc(Cl)c1CBr. The van der Waals surface area contributed by atoms with E-state index in [2.05, 4.69) is 20.9 Å². The van der Waals surface area contributed by atoms with Crippen molar-refractivity contribution in [3.05, 3.63) is 28.5 Å². The number of pyridine rings is 1. The van der Waals surface area contributed by atoms with E-state index in [1.165, 1.54) is 6.20 Å². The van der Waals surface area contributed by atoms with Gasteiger partial charge in [-0.3, -0.25) is 4.98 Å². The molecule has 12 heavy (non-hydrogen) atoms. The van der Waals surface area contributed by atoms with Gasteiger partial charge in [0.15, 0.2) is 0 Å². The first kappa shape index (κ1) is 9.86. The average Bonchev–Trinajstić information content (AvgIpc) is 2.03. The zero-order valence-electron chi connectivity index (χ0n) is 5.90. The molecule has 0 spiro atoms. The molecule has 0 atom stereocenters. The largest absolute Gasteiger partial charge is 0.265 e. The second kappa shape index (κ2) is 4.14. The van der Waals surface area contributed by atoms with Crippen LogP contribution >= 0.6 is 27.5 Å². The van der Waals surface area contributed by atoms with Crippen molar-refractivity contribution in [2.75, 3.05) is 0 Å². The lowest BCUT2D eigenvalue weighted by Crippen LogP contribution is -1.94. The smallest absolute Gasteiger partial charge is 0.263 e. The molecule has 0 aliphatic carbocycles. The van der Waals surface area contributed by atoms with Crippen molar-refractivity contribution < 1.29 is 8.78 Å². The summed E-state index contributed by atoms with van der Waals surface area (Å²) in [5.74, 6) is 0. The monoisotopic (exact) mass is 255 g/mol. The number of alkyl halides is 3. The highest BCUT2D eigenvalue weighted by atomic mass is 79.9. The highest BCUT2D eigenvalue weighted by Gasteiger charge is 2.14. The van der Waals surface area contributed by atoms with Gasteiger partial charge in [0, 0.05) is 23.3 Å². The second-order valence-electron chi connectivity index (χ2n) is 2.12. The average molecular weight is 256 g/mol. The van der Waals surface area contributed by atoms with Gasteiger partial charge in [-0.05, 0) is 5.56 Å². The summed E-state index contributed by atoms with van der Waals surface area (Å²) in [7, 11) is 0. The third-order valence-corrected chi connectivity index (χ3v) is 2.29. The molecule has 0 amide bonds. The number of hydrogen-bond acceptors (Lipinski definition) is 1. The molecule has 0 aromatic carbocycles. The third-order valence-electron chi connectivity index (χ3n) is 1.41. The zero-order chi connectivity index (χ0) is 9.14. The van der Waals surface area contributed by atoms with Crippen molar-refractivity contribution in [2.24, 2.45) is 0 Å². The Bertz CT molecular complexity index is 280. The normalized spacial score (nSPS) is 10.8. The summed E-state index contributed by atoms with van der Waals surface area (Å²) < 4.78 is 24.6. The van der Waals surface area contributed by atoms with Crippen molar-refractivity contribution in [3.8, 4) is 0 Å². The minimum absolute atomic E-state index is 0.112. The Hall–Kier alpha value is -0.220. The van der Waals surface area contributed by atoms with Gasteiger partial charge in [0.1, 0.15) is 0 Å². The fraction of sp³-hybridized carbons (Fsp3) is 0.286. The standard InChI is InChI=1S/C7H5BrClF2N/c8-1-4-5(7(10)11)2-12-3-6(4)9/h2-3,7H,1H2. The van der Waals surface area contributed by atoms with E-state index in [1.807, 2.05) is 0 Å². The molecule has 0 aliphatic rings. The molecule has 0 saturated heterocycles. The van der Waals surface area contributed by atoms with E-state index < -0.39 is 6.43 Å². The summed E-state index contributed by atoms with van der Waals surface area (Å²) >= 11 is 8.73. The Morgan fingerprint density at radius 1 is 1.50 bits per heavy atom. The molecule has 0 saturated carbocycles. The lowest BCUT2D eigenvalue weighted by atomic mass is 10.2. The van der Waals surface area contributed by atoms with Crippen molar-refractivity contribution in [1.82, 2.24) is 4.98 Å². The predicted molar refractivity (Wildman–Crippen MR) is 46.8 cm³/mol. The van der Waals surface area contributed by atoms with E-state index in [-0.39, 0.29) is 10.6 Å². The van der Waals surface area contributed by atoms with Gasteiger partial charge in [0.25, 0.3) is 6.43 Å². The summed E-state index contributed by atoms with van der Waals surface area (Å²) in [6.45, 7) is 0. The zero-order valence-corrected chi connectivity index (χ0v) is 8.24. The lowest BCUT2D eigenvalue weighted by Gasteiger charge is -2.06. The van der Waals surface area contributed by atoms with E-state index in [9.17, 15) is 8.78 Å². The predicted octanol–water partition coefficient (Wildman–Crippen LogP) is 3.57. The maximum Gasteiger partial charge on any atom is 0.265 e. The minimum Gasteiger partial charge on any atom is -0.263 e. The second-order valence-corrected chi connectivity index (χ2v) is 3.09. The molecule has 0 aliphatic heterocycles. The molecule has 0 fully saturated rings. The molecule has 1 aromatic heterocycles. The van der Waals surface area contributed by atoms with E-state index in [1.54, 1.807) is 0 Å². The van der Waals surface area contributed by atoms with Gasteiger partial charge < -0.3 is 0 Å². The third kappa shape index (κ3) is 1.93. The Morgan fingerprint density at radius 3 is 2.58 bits per heavy atom. The van der Waals surface area contributed by atoms with Gasteiger partial charge >= 0.3 is 0 Å². The van der Waals surface area contributed by atoms with Crippen molar-refractivity contribution in [2.45, 2.75) is 11.8 Å². The summed E-state index contributed by atoms with van der Waals surface area (Å²) in [4.78, 5) is 3.58. The summed E-state index contributed by atoms with van der Waals surface area (Å²) in [5.41, 5.74) is 0.293. The maximum atomic E-state index is 12.3. The van der Waals surface area contributed by atoms with E-state index >= 15 is 0 Å². The quantitative estimate of drug-likeness (QED) is 0.737. The van der Waals surface area contributed by atoms with Crippen LogP contribution in [0.4, 0.5) is 8.78 Å².